The van der Waals surface area contributed by atoms with Gasteiger partial charge in [-0.2, -0.15) is 0 Å². The predicted molar refractivity (Wildman–Crippen MR) is 101 cm³/mol. The first-order valence-electron chi connectivity index (χ1n) is 9.24. The van der Waals surface area contributed by atoms with E-state index in [9.17, 15) is 18.0 Å². The number of rotatable bonds is 0. The highest BCUT2D eigenvalue weighted by molar-refractivity contribution is 7.90. The van der Waals surface area contributed by atoms with Gasteiger partial charge < -0.3 is 11.1 Å². The van der Waals surface area contributed by atoms with Crippen molar-refractivity contribution in [2.24, 2.45) is 11.7 Å². The first kappa shape index (κ1) is 19.6. The van der Waals surface area contributed by atoms with Gasteiger partial charge in [-0.05, 0) is 43.9 Å². The van der Waals surface area contributed by atoms with Gasteiger partial charge >= 0.3 is 0 Å². The molecule has 1 aliphatic heterocycles. The minimum absolute atomic E-state index is 0.138. The third-order valence-corrected chi connectivity index (χ3v) is 6.40. The molecule has 1 aromatic rings. The lowest BCUT2D eigenvalue weighted by molar-refractivity contribution is -0.121. The Balaban J connectivity index is 1.83. The Hall–Kier alpha value is -2.19. The molecule has 0 spiro atoms. The van der Waals surface area contributed by atoms with Gasteiger partial charge in [0.15, 0.2) is 0 Å². The minimum Gasteiger partial charge on any atom is -0.352 e. The molecule has 4 N–H and O–H groups in total. The van der Waals surface area contributed by atoms with Crippen molar-refractivity contribution in [2.45, 2.75) is 49.0 Å². The van der Waals surface area contributed by atoms with Crippen LogP contribution in [-0.4, -0.2) is 32.3 Å². The number of nitrogens with one attached hydrogen (secondary N) is 2. The monoisotopic (exact) mass is 391 g/mol. The van der Waals surface area contributed by atoms with Crippen molar-refractivity contribution < 1.29 is 18.0 Å². The van der Waals surface area contributed by atoms with E-state index in [1.807, 2.05) is 12.2 Å². The number of allylic oxidation sites excluding steroid dienone is 1. The van der Waals surface area contributed by atoms with Gasteiger partial charge in [0, 0.05) is 18.0 Å². The zero-order valence-corrected chi connectivity index (χ0v) is 15.9. The van der Waals surface area contributed by atoms with Crippen LogP contribution in [0.4, 0.5) is 0 Å². The van der Waals surface area contributed by atoms with E-state index < -0.39 is 21.5 Å². The second-order valence-electron chi connectivity index (χ2n) is 7.20. The average molecular weight is 391 g/mol. The van der Waals surface area contributed by atoms with E-state index in [0.29, 0.717) is 13.0 Å². The second-order valence-corrected chi connectivity index (χ2v) is 8.88. The Kier molecular flexibility index (Phi) is 5.67. The number of amides is 2. The average Bonchev–Trinajstić information content (AvgIpc) is 3.31. The highest BCUT2D eigenvalue weighted by atomic mass is 32.2. The molecule has 3 rings (SSSR count). The molecule has 0 unspecified atom stereocenters. The molecule has 1 fully saturated rings. The number of nitrogens with two attached hydrogens (primary N) is 1. The van der Waals surface area contributed by atoms with Crippen molar-refractivity contribution in [3.8, 4) is 0 Å². The summed E-state index contributed by atoms with van der Waals surface area (Å²) in [7, 11) is -4.10. The zero-order valence-electron chi connectivity index (χ0n) is 15.1. The van der Waals surface area contributed by atoms with E-state index in [-0.39, 0.29) is 22.3 Å². The van der Waals surface area contributed by atoms with Crippen LogP contribution in [0.15, 0.2) is 41.3 Å². The fourth-order valence-corrected chi connectivity index (χ4v) is 4.28. The number of carbonyl (C=O) groups excluding carboxylic acids is 2. The van der Waals surface area contributed by atoms with Gasteiger partial charge in [-0.15, -0.1) is 0 Å². The van der Waals surface area contributed by atoms with Gasteiger partial charge in [-0.25, -0.2) is 13.1 Å². The lowest BCUT2D eigenvalue weighted by atomic mass is 10.1. The predicted octanol–water partition coefficient (Wildman–Crippen LogP) is 1.46. The normalized spacial score (nSPS) is 28.9. The molecule has 0 saturated heterocycles. The Morgan fingerprint density at radius 3 is 2.70 bits per heavy atom. The van der Waals surface area contributed by atoms with Crippen LogP contribution in [0.1, 0.15) is 48.9 Å². The molecule has 1 saturated carbocycles. The van der Waals surface area contributed by atoms with E-state index >= 15 is 0 Å². The van der Waals surface area contributed by atoms with E-state index in [0.717, 1.165) is 32.1 Å². The van der Waals surface area contributed by atoms with Gasteiger partial charge in [0.25, 0.3) is 21.8 Å². The molecule has 0 radical (unpaired) electrons. The number of fused-ring (bicyclic) bond motifs is 3. The first-order chi connectivity index (χ1) is 12.8. The molecule has 0 aromatic heterocycles. The quantitative estimate of drug-likeness (QED) is 0.579. The zero-order chi connectivity index (χ0) is 19.5. The van der Waals surface area contributed by atoms with Crippen LogP contribution >= 0.6 is 0 Å². The highest BCUT2D eigenvalue weighted by Crippen LogP contribution is 2.42. The molecule has 1 heterocycles. The van der Waals surface area contributed by atoms with Gasteiger partial charge in [0.05, 0.1) is 4.90 Å². The van der Waals surface area contributed by atoms with Crippen molar-refractivity contribution in [1.82, 2.24) is 10.0 Å². The molecular formula is C19H25N3O4S. The molecular weight excluding hydrogens is 366 g/mol. The molecule has 8 heteroatoms. The molecule has 7 nitrogen and oxygen atoms in total. The number of sulfonamides is 1. The van der Waals surface area contributed by atoms with Gasteiger partial charge in [0.2, 0.25) is 0 Å². The highest BCUT2D eigenvalue weighted by Gasteiger charge is 2.56. The smallest absolute Gasteiger partial charge is 0.264 e. The minimum atomic E-state index is -4.10. The number of hydrogen-bond donors (Lipinski definition) is 3. The van der Waals surface area contributed by atoms with Crippen molar-refractivity contribution >= 4 is 21.8 Å². The Bertz CT molecular complexity index is 865. The maximum Gasteiger partial charge on any atom is 0.264 e. The summed E-state index contributed by atoms with van der Waals surface area (Å²) in [4.78, 5) is 24.5. The molecule has 1 aliphatic carbocycles. The van der Waals surface area contributed by atoms with Crippen LogP contribution in [0.3, 0.4) is 0 Å². The maximum absolute atomic E-state index is 12.5. The van der Waals surface area contributed by atoms with Crippen LogP contribution < -0.4 is 15.8 Å². The number of hydrogen-bond acceptors (Lipinski definition) is 5. The van der Waals surface area contributed by atoms with Crippen LogP contribution in [-0.2, 0) is 14.8 Å². The number of benzene rings is 1. The summed E-state index contributed by atoms with van der Waals surface area (Å²) in [5, 5.41) is 2.80. The van der Waals surface area contributed by atoms with Crippen LogP contribution in [0.25, 0.3) is 0 Å². The van der Waals surface area contributed by atoms with Crippen molar-refractivity contribution in [2.75, 3.05) is 6.54 Å². The summed E-state index contributed by atoms with van der Waals surface area (Å²) in [6.07, 6.45) is 9.21. The summed E-state index contributed by atoms with van der Waals surface area (Å²) < 4.78 is 27.1. The molecule has 2 aliphatic rings. The summed E-state index contributed by atoms with van der Waals surface area (Å²) >= 11 is 0. The molecule has 2 amide bonds. The maximum atomic E-state index is 12.5. The molecule has 146 valence electrons. The molecule has 27 heavy (non-hydrogen) atoms. The van der Waals surface area contributed by atoms with Gasteiger partial charge in [0.1, 0.15) is 5.54 Å². The summed E-state index contributed by atoms with van der Waals surface area (Å²) in [5.41, 5.74) is 5.12. The van der Waals surface area contributed by atoms with Crippen LogP contribution in [0.5, 0.6) is 0 Å². The lowest BCUT2D eigenvalue weighted by Crippen LogP contribution is -2.46. The lowest BCUT2D eigenvalue weighted by Gasteiger charge is -2.13. The summed E-state index contributed by atoms with van der Waals surface area (Å²) in [6, 6.07) is 5.63. The van der Waals surface area contributed by atoms with Gasteiger partial charge in [-0.3, -0.25) is 9.59 Å². The van der Waals surface area contributed by atoms with E-state index in [4.69, 9.17) is 5.73 Å². The van der Waals surface area contributed by atoms with Crippen molar-refractivity contribution in [3.05, 3.63) is 42.0 Å². The first-order valence-corrected chi connectivity index (χ1v) is 10.7. The third kappa shape index (κ3) is 4.56. The topological polar surface area (TPSA) is 118 Å². The SMILES string of the molecule is N[C@]12C[C@H]1C=CCCCCCCNC(=O)c1cccc(c1)S(=O)(=O)NC2=O. The largest absolute Gasteiger partial charge is 0.352 e. The van der Waals surface area contributed by atoms with Crippen LogP contribution in [0.2, 0.25) is 0 Å². The van der Waals surface area contributed by atoms with E-state index in [1.165, 1.54) is 18.2 Å². The van der Waals surface area contributed by atoms with Crippen molar-refractivity contribution in [3.63, 3.8) is 0 Å². The molecule has 2 bridgehead atoms. The fourth-order valence-electron chi connectivity index (χ4n) is 3.19. The van der Waals surface area contributed by atoms with Gasteiger partial charge in [-0.1, -0.05) is 31.1 Å². The molecule has 2 atom stereocenters. The molecule has 1 aromatic carbocycles. The number of carbonyl (C=O) groups is 2. The Morgan fingerprint density at radius 2 is 1.89 bits per heavy atom. The van der Waals surface area contributed by atoms with E-state index in [1.54, 1.807) is 6.07 Å². The van der Waals surface area contributed by atoms with E-state index in [2.05, 4.69) is 10.0 Å². The Labute approximate surface area is 159 Å². The van der Waals surface area contributed by atoms with Crippen molar-refractivity contribution in [1.29, 1.82) is 0 Å². The third-order valence-electron chi connectivity index (χ3n) is 5.07. The summed E-state index contributed by atoms with van der Waals surface area (Å²) in [5.74, 6) is -1.20. The second kappa shape index (κ2) is 7.82. The Morgan fingerprint density at radius 1 is 1.11 bits per heavy atom. The summed E-state index contributed by atoms with van der Waals surface area (Å²) in [6.45, 7) is 0.542. The fraction of sp³-hybridized carbons (Fsp3) is 0.474. The van der Waals surface area contributed by atoms with Crippen LogP contribution in [0, 0.1) is 5.92 Å². The standard InChI is InChI=1S/C19H25N3O4S/c20-19-13-15(19)9-5-3-1-2-4-6-11-21-17(23)14-8-7-10-16(12-14)27(25,26)22-18(19)24/h5,7-10,12,15H,1-4,6,11,13,20H2,(H,21,23)(H,22,24)/t15-,19-/m1/s1.